The van der Waals surface area contributed by atoms with Gasteiger partial charge in [-0.25, -0.2) is 4.79 Å². The van der Waals surface area contributed by atoms with E-state index >= 15 is 0 Å². The molecule has 0 aromatic heterocycles. The zero-order valence-corrected chi connectivity index (χ0v) is 15.1. The van der Waals surface area contributed by atoms with Crippen molar-refractivity contribution < 1.29 is 19.4 Å². The predicted octanol–water partition coefficient (Wildman–Crippen LogP) is 3.10. The second kappa shape index (κ2) is 8.23. The highest BCUT2D eigenvalue weighted by Gasteiger charge is 2.29. The zero-order chi connectivity index (χ0) is 17.1. The SMILES string of the molecule is COc1cc2c(c(C(=O)O)c1OC)CCNCC2c1ccccc1.Cl. The quantitative estimate of drug-likeness (QED) is 0.873. The van der Waals surface area contributed by atoms with Gasteiger partial charge in [0.15, 0.2) is 11.5 Å². The molecule has 6 heteroatoms. The third-order valence-corrected chi connectivity index (χ3v) is 4.50. The molecular formula is C19H22ClNO4. The fourth-order valence-electron chi connectivity index (χ4n) is 3.41. The van der Waals surface area contributed by atoms with E-state index in [0.29, 0.717) is 12.2 Å². The molecule has 25 heavy (non-hydrogen) atoms. The number of aromatic carboxylic acids is 1. The van der Waals surface area contributed by atoms with E-state index in [4.69, 9.17) is 9.47 Å². The lowest BCUT2D eigenvalue weighted by molar-refractivity contribution is 0.0691. The van der Waals surface area contributed by atoms with Crippen LogP contribution in [0.4, 0.5) is 0 Å². The Balaban J connectivity index is 0.00000225. The maximum Gasteiger partial charge on any atom is 0.339 e. The molecule has 1 unspecified atom stereocenters. The predicted molar refractivity (Wildman–Crippen MR) is 98.6 cm³/mol. The van der Waals surface area contributed by atoms with E-state index < -0.39 is 5.97 Å². The second-order valence-corrected chi connectivity index (χ2v) is 5.78. The first kappa shape index (κ1) is 19.1. The first-order valence-electron chi connectivity index (χ1n) is 7.94. The monoisotopic (exact) mass is 363 g/mol. The topological polar surface area (TPSA) is 67.8 Å². The molecule has 0 aliphatic carbocycles. The number of hydrogen-bond donors (Lipinski definition) is 2. The Hall–Kier alpha value is -2.24. The number of carbonyl (C=O) groups is 1. The lowest BCUT2D eigenvalue weighted by Gasteiger charge is -2.22. The number of nitrogens with one attached hydrogen (secondary N) is 1. The van der Waals surface area contributed by atoms with Crippen molar-refractivity contribution in [2.75, 3.05) is 27.3 Å². The molecule has 0 saturated carbocycles. The van der Waals surface area contributed by atoms with Crippen LogP contribution < -0.4 is 14.8 Å². The summed E-state index contributed by atoms with van der Waals surface area (Å²) in [4.78, 5) is 11.9. The van der Waals surface area contributed by atoms with Gasteiger partial charge in [0, 0.05) is 12.5 Å². The van der Waals surface area contributed by atoms with Crippen molar-refractivity contribution in [2.24, 2.45) is 0 Å². The van der Waals surface area contributed by atoms with Crippen molar-refractivity contribution >= 4 is 18.4 Å². The van der Waals surface area contributed by atoms with E-state index in [9.17, 15) is 9.90 Å². The van der Waals surface area contributed by atoms with Gasteiger partial charge in [0.25, 0.3) is 0 Å². The Morgan fingerprint density at radius 2 is 1.92 bits per heavy atom. The zero-order valence-electron chi connectivity index (χ0n) is 14.2. The van der Waals surface area contributed by atoms with Crippen LogP contribution in [0.5, 0.6) is 11.5 Å². The van der Waals surface area contributed by atoms with Crippen LogP contribution in [0.2, 0.25) is 0 Å². The number of rotatable bonds is 4. The van der Waals surface area contributed by atoms with Crippen molar-refractivity contribution in [2.45, 2.75) is 12.3 Å². The van der Waals surface area contributed by atoms with Gasteiger partial charge in [-0.2, -0.15) is 0 Å². The lowest BCUT2D eigenvalue weighted by Crippen LogP contribution is -2.20. The molecule has 3 rings (SSSR count). The fraction of sp³-hybridized carbons (Fsp3) is 0.316. The summed E-state index contributed by atoms with van der Waals surface area (Å²) >= 11 is 0. The molecule has 1 aliphatic rings. The Bertz CT molecular complexity index is 749. The smallest absolute Gasteiger partial charge is 0.339 e. The molecule has 0 bridgehead atoms. The van der Waals surface area contributed by atoms with E-state index in [1.54, 1.807) is 0 Å². The third-order valence-electron chi connectivity index (χ3n) is 4.50. The Kier molecular flexibility index (Phi) is 6.28. The third kappa shape index (κ3) is 3.57. The number of methoxy groups -OCH3 is 2. The Morgan fingerprint density at radius 1 is 1.20 bits per heavy atom. The highest BCUT2D eigenvalue weighted by Crippen LogP contribution is 2.41. The minimum atomic E-state index is -0.990. The number of carboxylic acid groups (broad SMARTS) is 1. The second-order valence-electron chi connectivity index (χ2n) is 5.78. The maximum atomic E-state index is 11.9. The van der Waals surface area contributed by atoms with Crippen molar-refractivity contribution in [3.63, 3.8) is 0 Å². The van der Waals surface area contributed by atoms with Crippen molar-refractivity contribution in [3.8, 4) is 11.5 Å². The molecule has 2 aromatic rings. The number of hydrogen-bond acceptors (Lipinski definition) is 4. The van der Waals surface area contributed by atoms with Gasteiger partial charge in [-0.1, -0.05) is 30.3 Å². The summed E-state index contributed by atoms with van der Waals surface area (Å²) in [5.74, 6) is -0.175. The molecule has 5 nitrogen and oxygen atoms in total. The van der Waals surface area contributed by atoms with Gasteiger partial charge >= 0.3 is 5.97 Å². The molecule has 2 aromatic carbocycles. The van der Waals surface area contributed by atoms with Gasteiger partial charge in [0.1, 0.15) is 5.56 Å². The van der Waals surface area contributed by atoms with Crippen LogP contribution in [0.3, 0.4) is 0 Å². The van der Waals surface area contributed by atoms with Gasteiger partial charge in [-0.15, -0.1) is 12.4 Å². The van der Waals surface area contributed by atoms with Gasteiger partial charge in [0.05, 0.1) is 14.2 Å². The number of ether oxygens (including phenoxy) is 2. The van der Waals surface area contributed by atoms with Crippen LogP contribution in [0.15, 0.2) is 36.4 Å². The van der Waals surface area contributed by atoms with Crippen LogP contribution in [-0.2, 0) is 6.42 Å². The van der Waals surface area contributed by atoms with E-state index in [1.807, 2.05) is 24.3 Å². The van der Waals surface area contributed by atoms with Crippen molar-refractivity contribution in [3.05, 3.63) is 58.7 Å². The van der Waals surface area contributed by atoms with Crippen molar-refractivity contribution in [1.82, 2.24) is 5.32 Å². The number of fused-ring (bicyclic) bond motifs is 1. The normalized spacial score (nSPS) is 16.2. The molecule has 0 spiro atoms. The van der Waals surface area contributed by atoms with Crippen molar-refractivity contribution in [1.29, 1.82) is 0 Å². The highest BCUT2D eigenvalue weighted by atomic mass is 35.5. The van der Waals surface area contributed by atoms with E-state index in [1.165, 1.54) is 14.2 Å². The summed E-state index contributed by atoms with van der Waals surface area (Å²) in [6, 6.07) is 12.0. The molecular weight excluding hydrogens is 342 g/mol. The van der Waals surface area contributed by atoms with Gasteiger partial charge < -0.3 is 19.9 Å². The van der Waals surface area contributed by atoms with Crippen LogP contribution in [0.1, 0.15) is 33.0 Å². The van der Waals surface area contributed by atoms with Crippen LogP contribution in [0.25, 0.3) is 0 Å². The molecule has 2 N–H and O–H groups in total. The average Bonchev–Trinajstić information content (AvgIpc) is 2.82. The lowest BCUT2D eigenvalue weighted by atomic mass is 9.85. The largest absolute Gasteiger partial charge is 0.493 e. The van der Waals surface area contributed by atoms with Crippen LogP contribution in [-0.4, -0.2) is 38.4 Å². The number of benzene rings is 2. The first-order valence-corrected chi connectivity index (χ1v) is 7.94. The van der Waals surface area contributed by atoms with Crippen LogP contribution in [0, 0.1) is 0 Å². The fourth-order valence-corrected chi connectivity index (χ4v) is 3.41. The summed E-state index contributed by atoms with van der Waals surface area (Å²) in [5, 5.41) is 13.2. The van der Waals surface area contributed by atoms with Crippen LogP contribution >= 0.6 is 12.4 Å². The molecule has 0 radical (unpaired) electrons. The summed E-state index contributed by atoms with van der Waals surface area (Å²) in [5.41, 5.74) is 3.16. The number of halogens is 1. The molecule has 1 atom stereocenters. The molecule has 134 valence electrons. The van der Waals surface area contributed by atoms with E-state index in [2.05, 4.69) is 17.4 Å². The minimum absolute atomic E-state index is 0. The highest BCUT2D eigenvalue weighted by molar-refractivity contribution is 5.94. The Labute approximate surface area is 153 Å². The summed E-state index contributed by atoms with van der Waals surface area (Å²) < 4.78 is 10.8. The molecule has 0 amide bonds. The summed E-state index contributed by atoms with van der Waals surface area (Å²) in [6.45, 7) is 1.48. The van der Waals surface area contributed by atoms with Gasteiger partial charge in [0.2, 0.25) is 0 Å². The first-order chi connectivity index (χ1) is 11.7. The van der Waals surface area contributed by atoms with Gasteiger partial charge in [-0.3, -0.25) is 0 Å². The summed E-state index contributed by atoms with van der Waals surface area (Å²) in [6.07, 6.45) is 0.640. The number of carboxylic acids is 1. The van der Waals surface area contributed by atoms with Gasteiger partial charge in [-0.05, 0) is 35.7 Å². The standard InChI is InChI=1S/C19H21NO4.ClH/c1-23-16-10-14-13(17(19(21)22)18(16)24-2)8-9-20-11-15(14)12-6-4-3-5-7-12;/h3-7,10,15,20H,8-9,11H2,1-2H3,(H,21,22);1H. The molecule has 0 fully saturated rings. The molecule has 1 heterocycles. The van der Waals surface area contributed by atoms with E-state index in [0.717, 1.165) is 29.8 Å². The summed E-state index contributed by atoms with van der Waals surface area (Å²) in [7, 11) is 3.00. The molecule has 1 aliphatic heterocycles. The van der Waals surface area contributed by atoms with E-state index in [-0.39, 0.29) is 29.6 Å². The molecule has 0 saturated heterocycles. The Morgan fingerprint density at radius 3 is 2.52 bits per heavy atom. The average molecular weight is 364 g/mol. The maximum absolute atomic E-state index is 11.9. The minimum Gasteiger partial charge on any atom is -0.493 e.